The summed E-state index contributed by atoms with van der Waals surface area (Å²) in [7, 11) is 0. The van der Waals surface area contributed by atoms with E-state index in [1.54, 1.807) is 6.20 Å². The average molecular weight is 222 g/mol. The fraction of sp³-hybridized carbons (Fsp3) is 0.636. The zero-order chi connectivity index (χ0) is 11.5. The molecule has 16 heavy (non-hydrogen) atoms. The van der Waals surface area contributed by atoms with Crippen LogP contribution in [0.15, 0.2) is 6.20 Å². The third kappa shape index (κ3) is 2.09. The molecule has 0 amide bonds. The molecule has 5 nitrogen and oxygen atoms in total. The highest BCUT2D eigenvalue weighted by molar-refractivity contribution is 5.49. The van der Waals surface area contributed by atoms with Crippen LogP contribution in [0.1, 0.15) is 24.8 Å². The van der Waals surface area contributed by atoms with Gasteiger partial charge in [0, 0.05) is 18.3 Å². The fourth-order valence-corrected chi connectivity index (χ4v) is 2.21. The minimum absolute atomic E-state index is 0.168. The van der Waals surface area contributed by atoms with Gasteiger partial charge in [0.25, 0.3) is 0 Å². The van der Waals surface area contributed by atoms with E-state index in [2.05, 4.69) is 14.9 Å². The van der Waals surface area contributed by atoms with E-state index in [1.165, 1.54) is 6.42 Å². The van der Waals surface area contributed by atoms with Crippen LogP contribution < -0.4 is 10.6 Å². The lowest BCUT2D eigenvalue weighted by Crippen LogP contribution is -2.42. The average Bonchev–Trinajstić information content (AvgIpc) is 2.32. The van der Waals surface area contributed by atoms with Crippen molar-refractivity contribution in [3.05, 3.63) is 11.8 Å². The number of anilines is 2. The zero-order valence-electron chi connectivity index (χ0n) is 9.56. The Morgan fingerprint density at radius 3 is 3.12 bits per heavy atom. The van der Waals surface area contributed by atoms with Crippen molar-refractivity contribution in [1.82, 2.24) is 9.97 Å². The van der Waals surface area contributed by atoms with Crippen LogP contribution in [0.2, 0.25) is 0 Å². The van der Waals surface area contributed by atoms with E-state index in [0.29, 0.717) is 5.95 Å². The Morgan fingerprint density at radius 2 is 2.38 bits per heavy atom. The number of nitrogens with two attached hydrogens (primary N) is 1. The first-order chi connectivity index (χ1) is 7.72. The summed E-state index contributed by atoms with van der Waals surface area (Å²) in [6, 6.07) is 0.168. The largest absolute Gasteiger partial charge is 0.394 e. The second-order valence-corrected chi connectivity index (χ2v) is 4.26. The number of piperidine rings is 1. The van der Waals surface area contributed by atoms with E-state index in [4.69, 9.17) is 5.73 Å². The maximum atomic E-state index is 9.37. The molecule has 88 valence electrons. The van der Waals surface area contributed by atoms with E-state index in [0.717, 1.165) is 30.8 Å². The van der Waals surface area contributed by atoms with Gasteiger partial charge in [-0.25, -0.2) is 4.98 Å². The van der Waals surface area contributed by atoms with Crippen molar-refractivity contribution in [2.75, 3.05) is 23.8 Å². The van der Waals surface area contributed by atoms with Gasteiger partial charge in [0.1, 0.15) is 5.82 Å². The second kappa shape index (κ2) is 4.65. The summed E-state index contributed by atoms with van der Waals surface area (Å²) in [6.45, 7) is 3.07. The van der Waals surface area contributed by atoms with Crippen LogP contribution in [0, 0.1) is 6.92 Å². The minimum atomic E-state index is 0.168. The number of nitrogen functional groups attached to an aromatic ring is 1. The second-order valence-electron chi connectivity index (χ2n) is 4.26. The van der Waals surface area contributed by atoms with Gasteiger partial charge in [-0.05, 0) is 26.2 Å². The van der Waals surface area contributed by atoms with Crippen LogP contribution >= 0.6 is 0 Å². The Kier molecular flexibility index (Phi) is 3.24. The summed E-state index contributed by atoms with van der Waals surface area (Å²) in [5.41, 5.74) is 6.62. The van der Waals surface area contributed by atoms with Crippen molar-refractivity contribution in [2.45, 2.75) is 32.2 Å². The Bertz CT molecular complexity index is 369. The van der Waals surface area contributed by atoms with Gasteiger partial charge < -0.3 is 15.7 Å². The topological polar surface area (TPSA) is 75.3 Å². The summed E-state index contributed by atoms with van der Waals surface area (Å²) in [6.07, 6.45) is 5.06. The highest BCUT2D eigenvalue weighted by atomic mass is 16.3. The molecular weight excluding hydrogens is 204 g/mol. The standard InChI is InChI=1S/C11H18N4O/c1-8-6-13-11(12)14-10(8)15-5-3-2-4-9(15)7-16/h6,9,16H,2-5,7H2,1H3,(H2,12,13,14). The molecule has 0 aliphatic carbocycles. The smallest absolute Gasteiger partial charge is 0.221 e. The van der Waals surface area contributed by atoms with Gasteiger partial charge in [0.15, 0.2) is 0 Å². The zero-order valence-corrected chi connectivity index (χ0v) is 9.56. The summed E-state index contributed by atoms with van der Waals surface area (Å²) in [4.78, 5) is 10.4. The molecular formula is C11H18N4O. The number of aliphatic hydroxyl groups excluding tert-OH is 1. The van der Waals surface area contributed by atoms with Gasteiger partial charge in [0.05, 0.1) is 12.6 Å². The lowest BCUT2D eigenvalue weighted by atomic mass is 10.0. The number of nitrogens with zero attached hydrogens (tertiary/aromatic N) is 3. The number of aryl methyl sites for hydroxylation is 1. The van der Waals surface area contributed by atoms with Crippen molar-refractivity contribution < 1.29 is 5.11 Å². The van der Waals surface area contributed by atoms with E-state index in [1.807, 2.05) is 6.92 Å². The lowest BCUT2D eigenvalue weighted by molar-refractivity contribution is 0.239. The first kappa shape index (κ1) is 11.1. The minimum Gasteiger partial charge on any atom is -0.394 e. The first-order valence-electron chi connectivity index (χ1n) is 5.69. The van der Waals surface area contributed by atoms with Gasteiger partial charge in [0.2, 0.25) is 5.95 Å². The Hall–Kier alpha value is -1.36. The van der Waals surface area contributed by atoms with Gasteiger partial charge >= 0.3 is 0 Å². The van der Waals surface area contributed by atoms with E-state index >= 15 is 0 Å². The van der Waals surface area contributed by atoms with Crippen molar-refractivity contribution in [3.63, 3.8) is 0 Å². The predicted molar refractivity (Wildman–Crippen MR) is 63.3 cm³/mol. The molecule has 1 unspecified atom stereocenters. The van der Waals surface area contributed by atoms with Crippen molar-refractivity contribution in [3.8, 4) is 0 Å². The monoisotopic (exact) mass is 222 g/mol. The molecule has 0 bridgehead atoms. The molecule has 2 rings (SSSR count). The van der Waals surface area contributed by atoms with Gasteiger partial charge in [-0.1, -0.05) is 0 Å². The Balaban J connectivity index is 2.30. The lowest BCUT2D eigenvalue weighted by Gasteiger charge is -2.36. The van der Waals surface area contributed by atoms with Crippen molar-refractivity contribution in [1.29, 1.82) is 0 Å². The molecule has 3 N–H and O–H groups in total. The van der Waals surface area contributed by atoms with Crippen molar-refractivity contribution >= 4 is 11.8 Å². The normalized spacial score (nSPS) is 21.1. The summed E-state index contributed by atoms with van der Waals surface area (Å²) in [5.74, 6) is 1.16. The molecule has 2 heterocycles. The number of aromatic nitrogens is 2. The summed E-state index contributed by atoms with van der Waals surface area (Å²) < 4.78 is 0. The summed E-state index contributed by atoms with van der Waals surface area (Å²) in [5, 5.41) is 9.37. The predicted octanol–water partition coefficient (Wildman–Crippen LogP) is 0.718. The van der Waals surface area contributed by atoms with Crippen LogP contribution in [0.4, 0.5) is 11.8 Å². The van der Waals surface area contributed by atoms with Crippen LogP contribution in [-0.4, -0.2) is 34.3 Å². The van der Waals surface area contributed by atoms with Crippen LogP contribution in [-0.2, 0) is 0 Å². The molecule has 0 radical (unpaired) electrons. The van der Waals surface area contributed by atoms with E-state index in [-0.39, 0.29) is 12.6 Å². The molecule has 1 aliphatic heterocycles. The molecule has 1 saturated heterocycles. The Morgan fingerprint density at radius 1 is 1.56 bits per heavy atom. The van der Waals surface area contributed by atoms with Crippen LogP contribution in [0.5, 0.6) is 0 Å². The maximum Gasteiger partial charge on any atom is 0.221 e. The number of aliphatic hydroxyl groups is 1. The molecule has 1 atom stereocenters. The first-order valence-corrected chi connectivity index (χ1v) is 5.69. The molecule has 1 fully saturated rings. The highest BCUT2D eigenvalue weighted by Gasteiger charge is 2.24. The van der Waals surface area contributed by atoms with E-state index < -0.39 is 0 Å². The highest BCUT2D eigenvalue weighted by Crippen LogP contribution is 2.25. The van der Waals surface area contributed by atoms with E-state index in [9.17, 15) is 5.11 Å². The fourth-order valence-electron chi connectivity index (χ4n) is 2.21. The molecule has 0 saturated carbocycles. The Labute approximate surface area is 95.3 Å². The molecule has 1 aliphatic rings. The van der Waals surface area contributed by atoms with Crippen LogP contribution in [0.25, 0.3) is 0 Å². The quantitative estimate of drug-likeness (QED) is 0.771. The summed E-state index contributed by atoms with van der Waals surface area (Å²) >= 11 is 0. The SMILES string of the molecule is Cc1cnc(N)nc1N1CCCCC1CO. The molecule has 5 heteroatoms. The van der Waals surface area contributed by atoms with Crippen molar-refractivity contribution in [2.24, 2.45) is 0 Å². The number of hydrogen-bond acceptors (Lipinski definition) is 5. The van der Waals surface area contributed by atoms with Gasteiger partial charge in [-0.3, -0.25) is 0 Å². The number of hydrogen-bond donors (Lipinski definition) is 2. The molecule has 0 aromatic carbocycles. The molecule has 1 aromatic rings. The van der Waals surface area contributed by atoms with Gasteiger partial charge in [-0.2, -0.15) is 4.98 Å². The number of rotatable bonds is 2. The van der Waals surface area contributed by atoms with Crippen LogP contribution in [0.3, 0.4) is 0 Å². The molecule has 1 aromatic heterocycles. The maximum absolute atomic E-state index is 9.37. The third-order valence-corrected chi connectivity index (χ3v) is 3.07. The molecule has 0 spiro atoms. The van der Waals surface area contributed by atoms with Gasteiger partial charge in [-0.15, -0.1) is 0 Å². The third-order valence-electron chi connectivity index (χ3n) is 3.07.